The van der Waals surface area contributed by atoms with E-state index in [0.29, 0.717) is 34.2 Å². The number of amides is 1. The number of ether oxygens (including phenoxy) is 2. The number of nitrogens with one attached hydrogen (secondary N) is 1. The van der Waals surface area contributed by atoms with Crippen LogP contribution < -0.4 is 10.1 Å². The van der Waals surface area contributed by atoms with Crippen molar-refractivity contribution in [3.63, 3.8) is 0 Å². The zero-order chi connectivity index (χ0) is 23.8. The number of nitrogens with zero attached hydrogens (tertiary/aromatic N) is 1. The van der Waals surface area contributed by atoms with Crippen LogP contribution in [-0.2, 0) is 16.1 Å². The lowest BCUT2D eigenvalue weighted by Gasteiger charge is -2.09. The number of nitriles is 1. The SMILES string of the molecule is COC(=O)c1ccc(NC(=O)/C(C#N)=C/c2ccc(OCc3ccc(Cl)cc3)c(I)c2)cc1. The fraction of sp³-hybridized carbons (Fsp3) is 0.0800. The average molecular weight is 573 g/mol. The first-order valence-electron chi connectivity index (χ1n) is 9.68. The Labute approximate surface area is 209 Å². The first-order chi connectivity index (χ1) is 15.9. The topological polar surface area (TPSA) is 88.4 Å². The third-order valence-electron chi connectivity index (χ3n) is 4.50. The number of carbonyl (C=O) groups is 2. The van der Waals surface area contributed by atoms with Gasteiger partial charge in [0.1, 0.15) is 24.0 Å². The van der Waals surface area contributed by atoms with Gasteiger partial charge in [-0.15, -0.1) is 0 Å². The van der Waals surface area contributed by atoms with Crippen molar-refractivity contribution < 1.29 is 19.1 Å². The molecule has 0 aliphatic carbocycles. The lowest BCUT2D eigenvalue weighted by atomic mass is 10.1. The maximum Gasteiger partial charge on any atom is 0.337 e. The molecule has 0 aliphatic rings. The molecule has 3 aromatic carbocycles. The van der Waals surface area contributed by atoms with E-state index in [2.05, 4.69) is 32.6 Å². The van der Waals surface area contributed by atoms with Crippen molar-refractivity contribution in [3.05, 3.63) is 97.6 Å². The number of methoxy groups -OCH3 is 1. The van der Waals surface area contributed by atoms with Crippen LogP contribution in [0.2, 0.25) is 5.02 Å². The van der Waals surface area contributed by atoms with Gasteiger partial charge in [-0.2, -0.15) is 5.26 Å². The quantitative estimate of drug-likeness (QED) is 0.166. The summed E-state index contributed by atoms with van der Waals surface area (Å²) < 4.78 is 11.3. The summed E-state index contributed by atoms with van der Waals surface area (Å²) in [4.78, 5) is 24.0. The second-order valence-electron chi connectivity index (χ2n) is 6.80. The summed E-state index contributed by atoms with van der Waals surface area (Å²) in [5.74, 6) is -0.335. The highest BCUT2D eigenvalue weighted by Gasteiger charge is 2.12. The van der Waals surface area contributed by atoms with Gasteiger partial charge < -0.3 is 14.8 Å². The zero-order valence-electron chi connectivity index (χ0n) is 17.5. The molecule has 3 rings (SSSR count). The molecule has 8 heteroatoms. The van der Waals surface area contributed by atoms with Crippen molar-refractivity contribution >= 4 is 57.8 Å². The number of anilines is 1. The zero-order valence-corrected chi connectivity index (χ0v) is 20.4. The summed E-state index contributed by atoms with van der Waals surface area (Å²) in [6.45, 7) is 0.392. The Morgan fingerprint density at radius 2 is 1.79 bits per heavy atom. The molecule has 0 saturated carbocycles. The maximum absolute atomic E-state index is 12.5. The number of benzene rings is 3. The second kappa shape index (κ2) is 11.5. The van der Waals surface area contributed by atoms with E-state index in [-0.39, 0.29) is 5.57 Å². The predicted octanol–water partition coefficient (Wildman–Crippen LogP) is 5.86. The largest absolute Gasteiger partial charge is 0.488 e. The minimum absolute atomic E-state index is 0.0577. The van der Waals surface area contributed by atoms with Crippen LogP contribution in [0, 0.1) is 14.9 Å². The van der Waals surface area contributed by atoms with Crippen LogP contribution >= 0.6 is 34.2 Å². The molecule has 0 fully saturated rings. The summed E-state index contributed by atoms with van der Waals surface area (Å²) in [5.41, 5.74) is 2.43. The van der Waals surface area contributed by atoms with Crippen molar-refractivity contribution in [2.45, 2.75) is 6.61 Å². The first-order valence-corrected chi connectivity index (χ1v) is 11.1. The molecule has 6 nitrogen and oxygen atoms in total. The van der Waals surface area contributed by atoms with Crippen LogP contribution in [0.15, 0.2) is 72.3 Å². The van der Waals surface area contributed by atoms with Crippen LogP contribution in [0.3, 0.4) is 0 Å². The Hall–Kier alpha value is -3.35. The third kappa shape index (κ3) is 6.81. The van der Waals surface area contributed by atoms with Crippen LogP contribution in [-0.4, -0.2) is 19.0 Å². The van der Waals surface area contributed by atoms with E-state index in [1.54, 1.807) is 36.4 Å². The Balaban J connectivity index is 1.67. The van der Waals surface area contributed by atoms with E-state index in [1.165, 1.54) is 25.3 Å². The fourth-order valence-electron chi connectivity index (χ4n) is 2.79. The molecule has 0 unspecified atom stereocenters. The Kier molecular flexibility index (Phi) is 8.46. The van der Waals surface area contributed by atoms with Gasteiger partial charge in [-0.25, -0.2) is 4.79 Å². The normalized spacial score (nSPS) is 10.8. The monoisotopic (exact) mass is 572 g/mol. The smallest absolute Gasteiger partial charge is 0.337 e. The average Bonchev–Trinajstić information content (AvgIpc) is 2.83. The molecule has 0 spiro atoms. The summed E-state index contributed by atoms with van der Waals surface area (Å²) in [5, 5.41) is 12.8. The second-order valence-corrected chi connectivity index (χ2v) is 8.40. The standard InChI is InChI=1S/C25H18ClIN2O4/c1-32-25(31)18-5-9-21(10-6-18)29-24(30)19(14-28)12-17-4-11-23(22(27)13-17)33-15-16-2-7-20(26)8-3-16/h2-13H,15H2,1H3,(H,29,30)/b19-12+. The van der Waals surface area contributed by atoms with E-state index >= 15 is 0 Å². The molecule has 0 aromatic heterocycles. The molecule has 0 heterocycles. The minimum Gasteiger partial charge on any atom is -0.488 e. The molecule has 166 valence electrons. The number of carbonyl (C=O) groups excluding carboxylic acids is 2. The van der Waals surface area contributed by atoms with Gasteiger partial charge in [0.05, 0.1) is 16.2 Å². The maximum atomic E-state index is 12.5. The summed E-state index contributed by atoms with van der Waals surface area (Å²) in [6.07, 6.45) is 1.50. The predicted molar refractivity (Wildman–Crippen MR) is 135 cm³/mol. The van der Waals surface area contributed by atoms with Gasteiger partial charge in [0.25, 0.3) is 5.91 Å². The lowest BCUT2D eigenvalue weighted by molar-refractivity contribution is -0.112. The molecular formula is C25H18ClIN2O4. The van der Waals surface area contributed by atoms with E-state index in [4.69, 9.17) is 16.3 Å². The highest BCUT2D eigenvalue weighted by molar-refractivity contribution is 14.1. The van der Waals surface area contributed by atoms with Gasteiger partial charge in [-0.3, -0.25) is 4.79 Å². The van der Waals surface area contributed by atoms with E-state index < -0.39 is 11.9 Å². The number of esters is 1. The Bertz CT molecular complexity index is 1230. The van der Waals surface area contributed by atoms with Crippen molar-refractivity contribution in [2.75, 3.05) is 12.4 Å². The van der Waals surface area contributed by atoms with Crippen LogP contribution in [0.1, 0.15) is 21.5 Å². The van der Waals surface area contributed by atoms with Crippen molar-refractivity contribution in [1.82, 2.24) is 0 Å². The van der Waals surface area contributed by atoms with Crippen LogP contribution in [0.25, 0.3) is 6.08 Å². The highest BCUT2D eigenvalue weighted by atomic mass is 127. The Morgan fingerprint density at radius 1 is 1.09 bits per heavy atom. The highest BCUT2D eigenvalue weighted by Crippen LogP contribution is 2.25. The number of rotatable bonds is 7. The summed E-state index contributed by atoms with van der Waals surface area (Å²) >= 11 is 8.04. The molecule has 3 aromatic rings. The molecule has 1 N–H and O–H groups in total. The molecule has 1 amide bonds. The molecule has 0 atom stereocenters. The number of hydrogen-bond acceptors (Lipinski definition) is 5. The number of halogens is 2. The van der Waals surface area contributed by atoms with E-state index in [0.717, 1.165) is 9.13 Å². The summed E-state index contributed by atoms with van der Waals surface area (Å²) in [6, 6.07) is 20.9. The van der Waals surface area contributed by atoms with Crippen molar-refractivity contribution in [1.29, 1.82) is 5.26 Å². The minimum atomic E-state index is -0.554. The lowest BCUT2D eigenvalue weighted by Crippen LogP contribution is -2.13. The van der Waals surface area contributed by atoms with Gasteiger partial charge in [-0.05, 0) is 88.3 Å². The van der Waals surface area contributed by atoms with Crippen molar-refractivity contribution in [2.24, 2.45) is 0 Å². The molecule has 0 saturated heterocycles. The molecule has 0 aliphatic heterocycles. The van der Waals surface area contributed by atoms with E-state index in [1.807, 2.05) is 24.3 Å². The van der Waals surface area contributed by atoms with Crippen molar-refractivity contribution in [3.8, 4) is 11.8 Å². The third-order valence-corrected chi connectivity index (χ3v) is 5.60. The van der Waals surface area contributed by atoms with Gasteiger partial charge in [-0.1, -0.05) is 29.8 Å². The molecular weight excluding hydrogens is 555 g/mol. The Morgan fingerprint density at radius 3 is 2.39 bits per heavy atom. The van der Waals surface area contributed by atoms with Gasteiger partial charge in [0.15, 0.2) is 0 Å². The van der Waals surface area contributed by atoms with Crippen LogP contribution in [0.5, 0.6) is 5.75 Å². The molecule has 33 heavy (non-hydrogen) atoms. The van der Waals surface area contributed by atoms with Gasteiger partial charge in [0.2, 0.25) is 0 Å². The van der Waals surface area contributed by atoms with Gasteiger partial charge in [0, 0.05) is 10.7 Å². The van der Waals surface area contributed by atoms with E-state index in [9.17, 15) is 14.9 Å². The molecule has 0 radical (unpaired) electrons. The first kappa shape index (κ1) is 24.3. The number of hydrogen-bond donors (Lipinski definition) is 1. The van der Waals surface area contributed by atoms with Gasteiger partial charge >= 0.3 is 5.97 Å². The fourth-order valence-corrected chi connectivity index (χ4v) is 3.61. The van der Waals surface area contributed by atoms with Crippen LogP contribution in [0.4, 0.5) is 5.69 Å². The summed E-state index contributed by atoms with van der Waals surface area (Å²) in [7, 11) is 1.29. The molecule has 0 bridgehead atoms.